The van der Waals surface area contributed by atoms with E-state index in [1.165, 1.54) is 0 Å². The molecule has 2 rings (SSSR count). The van der Waals surface area contributed by atoms with Gasteiger partial charge in [0.05, 0.1) is 27.7 Å². The van der Waals surface area contributed by atoms with E-state index < -0.39 is 0 Å². The zero-order chi connectivity index (χ0) is 13.3. The molecule has 0 aliphatic carbocycles. The average Bonchev–Trinajstić information content (AvgIpc) is 2.57. The maximum absolute atomic E-state index is 6.05. The number of rotatable bonds is 4. The molecule has 0 saturated heterocycles. The summed E-state index contributed by atoms with van der Waals surface area (Å²) in [6.07, 6.45) is 0. The van der Waals surface area contributed by atoms with E-state index in [1.807, 2.05) is 10.6 Å². The lowest BCUT2D eigenvalue weighted by molar-refractivity contribution is 0.152. The Labute approximate surface area is 121 Å². The molecule has 0 amide bonds. The molecule has 98 valence electrons. The molecule has 1 aromatic heterocycles. The van der Waals surface area contributed by atoms with Crippen LogP contribution in [0.2, 0.25) is 10.0 Å². The first-order valence-corrected chi connectivity index (χ1v) is 6.76. The third-order valence-corrected chi connectivity index (χ3v) is 3.81. The Morgan fingerprint density at radius 3 is 2.72 bits per heavy atom. The van der Waals surface area contributed by atoms with E-state index in [4.69, 9.17) is 40.2 Å². The summed E-state index contributed by atoms with van der Waals surface area (Å²) in [6, 6.07) is 3.64. The van der Waals surface area contributed by atoms with Gasteiger partial charge in [-0.25, -0.2) is 0 Å². The number of H-pyrrole nitrogens is 1. The van der Waals surface area contributed by atoms with Gasteiger partial charge in [-0.1, -0.05) is 30.1 Å². The number of benzene rings is 1. The Balaban J connectivity index is 2.47. The van der Waals surface area contributed by atoms with Crippen molar-refractivity contribution in [1.82, 2.24) is 9.55 Å². The fourth-order valence-electron chi connectivity index (χ4n) is 1.98. The van der Waals surface area contributed by atoms with E-state index in [1.54, 1.807) is 13.2 Å². The number of nitrogens with zero attached hydrogens (tertiary/aromatic N) is 1. The fraction of sp³-hybridized carbons (Fsp3) is 0.417. The zero-order valence-electron chi connectivity index (χ0n) is 10.2. The second kappa shape index (κ2) is 5.61. The van der Waals surface area contributed by atoms with Gasteiger partial charge in [-0.15, -0.1) is 0 Å². The molecule has 0 saturated carbocycles. The monoisotopic (exact) mass is 304 g/mol. The second-order valence-electron chi connectivity index (χ2n) is 4.38. The summed E-state index contributed by atoms with van der Waals surface area (Å²) in [7, 11) is 1.70. The largest absolute Gasteiger partial charge is 0.384 e. The maximum Gasteiger partial charge on any atom is 0.178 e. The average molecular weight is 305 g/mol. The molecule has 3 nitrogen and oxygen atoms in total. The number of aromatic amines is 1. The van der Waals surface area contributed by atoms with E-state index in [0.29, 0.717) is 27.3 Å². The van der Waals surface area contributed by atoms with Gasteiger partial charge in [-0.3, -0.25) is 0 Å². The Morgan fingerprint density at radius 2 is 2.06 bits per heavy atom. The molecule has 1 unspecified atom stereocenters. The molecule has 0 radical (unpaired) electrons. The number of halogens is 2. The van der Waals surface area contributed by atoms with Crippen molar-refractivity contribution in [3.8, 4) is 0 Å². The topological polar surface area (TPSA) is 29.9 Å². The standard InChI is InChI=1S/C12H14Cl2N2OS/c1-7(6-17-2)5-16-11-4-9(14)8(13)3-10(11)15-12(16)18/h3-4,7H,5-6H2,1-2H3,(H,15,18). The fourth-order valence-corrected chi connectivity index (χ4v) is 2.59. The third kappa shape index (κ3) is 2.72. The van der Waals surface area contributed by atoms with Crippen LogP contribution in [0.25, 0.3) is 11.0 Å². The van der Waals surface area contributed by atoms with Crippen molar-refractivity contribution >= 4 is 46.5 Å². The highest BCUT2D eigenvalue weighted by Gasteiger charge is 2.10. The number of imidazole rings is 1. The summed E-state index contributed by atoms with van der Waals surface area (Å²) >= 11 is 17.4. The van der Waals surface area contributed by atoms with Gasteiger partial charge in [-0.05, 0) is 30.3 Å². The van der Waals surface area contributed by atoms with Gasteiger partial charge in [0, 0.05) is 13.7 Å². The molecular weight excluding hydrogens is 291 g/mol. The summed E-state index contributed by atoms with van der Waals surface area (Å²) < 4.78 is 7.84. The number of hydrogen-bond acceptors (Lipinski definition) is 2. The number of ether oxygens (including phenoxy) is 1. The Morgan fingerprint density at radius 1 is 1.39 bits per heavy atom. The van der Waals surface area contributed by atoms with Gasteiger partial charge < -0.3 is 14.3 Å². The lowest BCUT2D eigenvalue weighted by Crippen LogP contribution is -2.12. The lowest BCUT2D eigenvalue weighted by Gasteiger charge is -2.12. The second-order valence-corrected chi connectivity index (χ2v) is 5.59. The number of nitrogens with one attached hydrogen (secondary N) is 1. The van der Waals surface area contributed by atoms with E-state index in [9.17, 15) is 0 Å². The molecule has 0 spiro atoms. The first-order chi connectivity index (χ1) is 8.52. The lowest BCUT2D eigenvalue weighted by atomic mass is 10.2. The van der Waals surface area contributed by atoms with Crippen LogP contribution in [0.5, 0.6) is 0 Å². The van der Waals surface area contributed by atoms with Crippen LogP contribution in [0, 0.1) is 10.7 Å². The van der Waals surface area contributed by atoms with Crippen LogP contribution in [-0.4, -0.2) is 23.3 Å². The SMILES string of the molecule is COCC(C)Cn1c(=S)[nH]c2cc(Cl)c(Cl)cc21. The van der Waals surface area contributed by atoms with Gasteiger partial charge in [-0.2, -0.15) is 0 Å². The van der Waals surface area contributed by atoms with Crippen molar-refractivity contribution in [1.29, 1.82) is 0 Å². The number of aromatic nitrogens is 2. The van der Waals surface area contributed by atoms with Crippen molar-refractivity contribution in [2.45, 2.75) is 13.5 Å². The van der Waals surface area contributed by atoms with Crippen molar-refractivity contribution in [3.63, 3.8) is 0 Å². The van der Waals surface area contributed by atoms with Crippen molar-refractivity contribution in [3.05, 3.63) is 26.9 Å². The maximum atomic E-state index is 6.05. The molecule has 1 atom stereocenters. The first kappa shape index (κ1) is 13.9. The van der Waals surface area contributed by atoms with Crippen molar-refractivity contribution in [2.75, 3.05) is 13.7 Å². The first-order valence-electron chi connectivity index (χ1n) is 5.59. The van der Waals surface area contributed by atoms with Crippen LogP contribution < -0.4 is 0 Å². The predicted octanol–water partition coefficient (Wildman–Crippen LogP) is 4.29. The van der Waals surface area contributed by atoms with E-state index >= 15 is 0 Å². The molecule has 0 aliphatic heterocycles. The number of hydrogen-bond donors (Lipinski definition) is 1. The molecule has 2 aromatic rings. The van der Waals surface area contributed by atoms with Crippen LogP contribution in [0.15, 0.2) is 12.1 Å². The molecule has 0 fully saturated rings. The normalized spacial score (nSPS) is 13.1. The van der Waals surface area contributed by atoms with Gasteiger partial charge >= 0.3 is 0 Å². The van der Waals surface area contributed by atoms with Crippen LogP contribution >= 0.6 is 35.4 Å². The summed E-state index contributed by atoms with van der Waals surface area (Å²) in [6.45, 7) is 3.59. The van der Waals surface area contributed by atoms with Gasteiger partial charge in [0.1, 0.15) is 0 Å². The number of fused-ring (bicyclic) bond motifs is 1. The van der Waals surface area contributed by atoms with Crippen molar-refractivity contribution in [2.24, 2.45) is 5.92 Å². The molecule has 0 bridgehead atoms. The number of methoxy groups -OCH3 is 1. The highest BCUT2D eigenvalue weighted by molar-refractivity contribution is 7.71. The molecule has 1 heterocycles. The van der Waals surface area contributed by atoms with Gasteiger partial charge in [0.2, 0.25) is 0 Å². The van der Waals surface area contributed by atoms with E-state index in [0.717, 1.165) is 17.6 Å². The molecule has 6 heteroatoms. The minimum absolute atomic E-state index is 0.371. The van der Waals surface area contributed by atoms with Crippen LogP contribution in [0.1, 0.15) is 6.92 Å². The van der Waals surface area contributed by atoms with Crippen LogP contribution in [0.4, 0.5) is 0 Å². The minimum Gasteiger partial charge on any atom is -0.384 e. The summed E-state index contributed by atoms with van der Waals surface area (Å²) in [5.74, 6) is 0.371. The van der Waals surface area contributed by atoms with Gasteiger partial charge in [0.25, 0.3) is 0 Å². The zero-order valence-corrected chi connectivity index (χ0v) is 12.5. The molecular formula is C12H14Cl2N2OS. The Bertz CT molecular complexity index is 620. The van der Waals surface area contributed by atoms with Crippen LogP contribution in [-0.2, 0) is 11.3 Å². The highest BCUT2D eigenvalue weighted by Crippen LogP contribution is 2.28. The molecule has 1 N–H and O–H groups in total. The summed E-state index contributed by atoms with van der Waals surface area (Å²) in [5.41, 5.74) is 1.87. The molecule has 1 aromatic carbocycles. The molecule has 18 heavy (non-hydrogen) atoms. The predicted molar refractivity (Wildman–Crippen MR) is 78.2 cm³/mol. The summed E-state index contributed by atoms with van der Waals surface area (Å²) in [4.78, 5) is 3.14. The minimum atomic E-state index is 0.371. The Kier molecular flexibility index (Phi) is 4.33. The van der Waals surface area contributed by atoms with Gasteiger partial charge in [0.15, 0.2) is 4.77 Å². The van der Waals surface area contributed by atoms with Crippen molar-refractivity contribution < 1.29 is 4.74 Å². The third-order valence-electron chi connectivity index (χ3n) is 2.76. The highest BCUT2D eigenvalue weighted by atomic mass is 35.5. The molecule has 0 aliphatic rings. The van der Waals surface area contributed by atoms with Crippen LogP contribution in [0.3, 0.4) is 0 Å². The quantitative estimate of drug-likeness (QED) is 0.854. The smallest absolute Gasteiger partial charge is 0.178 e. The summed E-state index contributed by atoms with van der Waals surface area (Å²) in [5, 5.41) is 1.06. The Hall–Kier alpha value is -0.550. The van der Waals surface area contributed by atoms with E-state index in [-0.39, 0.29) is 0 Å². The van der Waals surface area contributed by atoms with E-state index in [2.05, 4.69) is 11.9 Å².